The van der Waals surface area contributed by atoms with Crippen molar-refractivity contribution < 1.29 is 71.3 Å². The summed E-state index contributed by atoms with van der Waals surface area (Å²) in [5, 5.41) is 22.5. The molecule has 2 aromatic heterocycles. The number of β-amino-alcohol motifs (C(OH)–C–C–N with tert-alkyl or cyclic N) is 1. The maximum absolute atomic E-state index is 15.2. The van der Waals surface area contributed by atoms with E-state index in [0.717, 1.165) is 56.3 Å². The minimum Gasteiger partial charge on any atom is -0.484 e. The number of amides is 7. The highest BCUT2D eigenvalue weighted by Crippen LogP contribution is 2.59. The van der Waals surface area contributed by atoms with Crippen molar-refractivity contribution in [2.45, 2.75) is 155 Å². The number of ether oxygens (including phenoxy) is 2. The van der Waals surface area contributed by atoms with Gasteiger partial charge in [0.05, 0.1) is 46.3 Å². The summed E-state index contributed by atoms with van der Waals surface area (Å²) in [6.45, 7) is 15.2. The molecule has 21 nitrogen and oxygen atoms in total. The van der Waals surface area contributed by atoms with Gasteiger partial charge in [-0.1, -0.05) is 121 Å². The SMILES string of the molecule is Cc1ncsc1-c1ccc([C@H](C)NC(=O)[C@@H]2C[C@@H](O)CN2C(=O)[C@@H](NC(=O)CCCCCCNC(=O)COc2ccc3c(c2)CN(C(=O)[C@@H](NC(=O)c2cc4cc(C(F)(F)P(=O)(O)O)ccc4s2)C(C)(C)C)[C@H](C(=O)N2CCO[C@H](c4ccccc4)C2)C3)C(C)(C)C)cc1. The topological polar surface area (TPSA) is 286 Å². The summed E-state index contributed by atoms with van der Waals surface area (Å²) in [6, 6.07) is 22.4. The number of aromatic nitrogens is 1. The molecule has 0 unspecified atom stereocenters. The Bertz CT molecular complexity index is 3800. The lowest BCUT2D eigenvalue weighted by molar-refractivity contribution is -0.153. The predicted octanol–water partition coefficient (Wildman–Crippen LogP) is 9.07. The van der Waals surface area contributed by atoms with Gasteiger partial charge in [-0.15, -0.1) is 22.7 Å². The number of nitrogens with one attached hydrogen (secondary N) is 4. The average molecular weight is 1350 g/mol. The van der Waals surface area contributed by atoms with E-state index in [-0.39, 0.29) is 92.7 Å². The molecule has 4 aromatic carbocycles. The largest absolute Gasteiger partial charge is 0.484 e. The van der Waals surface area contributed by atoms with Crippen molar-refractivity contribution in [1.29, 1.82) is 0 Å². The number of alkyl halides is 2. The van der Waals surface area contributed by atoms with Crippen molar-refractivity contribution in [2.24, 2.45) is 10.8 Å². The number of carbonyl (C=O) groups excluding carboxylic acids is 7. The number of nitrogens with zero attached hydrogens (tertiary/aromatic N) is 4. The van der Waals surface area contributed by atoms with Crippen molar-refractivity contribution in [3.63, 3.8) is 0 Å². The number of fused-ring (bicyclic) bond motifs is 2. The van der Waals surface area contributed by atoms with E-state index in [1.54, 1.807) is 60.7 Å². The molecule has 26 heteroatoms. The lowest BCUT2D eigenvalue weighted by Crippen LogP contribution is -2.61. The third kappa shape index (κ3) is 16.9. The Labute approximate surface area is 553 Å². The first-order valence-electron chi connectivity index (χ1n) is 31.5. The van der Waals surface area contributed by atoms with Gasteiger partial charge in [0.25, 0.3) is 11.8 Å². The van der Waals surface area contributed by atoms with Crippen LogP contribution in [0, 0.1) is 17.8 Å². The second-order valence-electron chi connectivity index (χ2n) is 26.6. The Morgan fingerprint density at radius 1 is 0.787 bits per heavy atom. The normalized spacial score (nSPS) is 18.8. The highest BCUT2D eigenvalue weighted by Gasteiger charge is 2.51. The van der Waals surface area contributed by atoms with E-state index < -0.39 is 89.7 Å². The van der Waals surface area contributed by atoms with Gasteiger partial charge in [-0.3, -0.25) is 38.1 Å². The van der Waals surface area contributed by atoms with Gasteiger partial charge in [-0.25, -0.2) is 4.98 Å². The number of hydrogen-bond acceptors (Lipinski definition) is 14. The van der Waals surface area contributed by atoms with Crippen LogP contribution < -0.4 is 26.0 Å². The molecule has 94 heavy (non-hydrogen) atoms. The fourth-order valence-corrected chi connectivity index (χ4v) is 14.2. The average Bonchev–Trinajstić information content (AvgIpc) is 1.21. The van der Waals surface area contributed by atoms with Gasteiger partial charge in [0, 0.05) is 55.7 Å². The number of likely N-dealkylation sites (tertiary alicyclic amines) is 1. The molecule has 3 aliphatic rings. The van der Waals surface area contributed by atoms with Crippen LogP contribution in [0.25, 0.3) is 20.5 Å². The molecule has 5 heterocycles. The van der Waals surface area contributed by atoms with Gasteiger partial charge < -0.3 is 60.3 Å². The van der Waals surface area contributed by atoms with Gasteiger partial charge in [0.1, 0.15) is 36.0 Å². The monoisotopic (exact) mass is 1350 g/mol. The maximum atomic E-state index is 15.2. The lowest BCUT2D eigenvalue weighted by Gasteiger charge is -2.43. The molecular formula is C68H83F2N8O13PS2. The Morgan fingerprint density at radius 2 is 1.48 bits per heavy atom. The molecule has 0 spiro atoms. The molecule has 9 rings (SSSR count). The summed E-state index contributed by atoms with van der Waals surface area (Å²) in [4.78, 5) is 127. The first-order chi connectivity index (χ1) is 44.4. The van der Waals surface area contributed by atoms with Crippen LogP contribution in [0.15, 0.2) is 103 Å². The Kier molecular flexibility index (Phi) is 22.3. The highest BCUT2D eigenvalue weighted by molar-refractivity contribution is 7.52. The summed E-state index contributed by atoms with van der Waals surface area (Å²) < 4.78 is 53.5. The lowest BCUT2D eigenvalue weighted by atomic mass is 9.84. The van der Waals surface area contributed by atoms with E-state index in [0.29, 0.717) is 48.2 Å². The molecule has 6 aromatic rings. The quantitative estimate of drug-likeness (QED) is 0.0233. The number of benzene rings is 4. The van der Waals surface area contributed by atoms with E-state index >= 15 is 4.79 Å². The smallest absolute Gasteiger partial charge is 0.399 e. The zero-order chi connectivity index (χ0) is 68.0. The van der Waals surface area contributed by atoms with Crippen LogP contribution in [0.4, 0.5) is 8.78 Å². The number of halogens is 2. The van der Waals surface area contributed by atoms with Crippen molar-refractivity contribution in [2.75, 3.05) is 39.4 Å². The molecule has 3 aliphatic heterocycles. The molecule has 0 aliphatic carbocycles. The van der Waals surface area contributed by atoms with Crippen LogP contribution in [0.5, 0.6) is 5.75 Å². The summed E-state index contributed by atoms with van der Waals surface area (Å²) in [6.07, 6.45) is 1.46. The fraction of sp³-hybridized carbons (Fsp3) is 0.471. The summed E-state index contributed by atoms with van der Waals surface area (Å²) in [5.41, 5.74) is -0.141. The van der Waals surface area contributed by atoms with E-state index in [1.165, 1.54) is 21.9 Å². The molecule has 504 valence electrons. The van der Waals surface area contributed by atoms with E-state index in [4.69, 9.17) is 9.47 Å². The van der Waals surface area contributed by atoms with Gasteiger partial charge in [-0.05, 0) is 101 Å². The maximum Gasteiger partial charge on any atom is 0.399 e. The first kappa shape index (κ1) is 70.8. The Balaban J connectivity index is 0.771. The van der Waals surface area contributed by atoms with Crippen molar-refractivity contribution in [3.8, 4) is 16.2 Å². The second kappa shape index (κ2) is 29.6. The Morgan fingerprint density at radius 3 is 2.16 bits per heavy atom. The molecule has 2 saturated heterocycles. The molecule has 7 N–H and O–H groups in total. The number of morpholine rings is 1. The number of thiazole rings is 1. The van der Waals surface area contributed by atoms with Gasteiger partial charge >= 0.3 is 13.3 Å². The third-order valence-electron chi connectivity index (χ3n) is 17.4. The molecular weight excluding hydrogens is 1270 g/mol. The van der Waals surface area contributed by atoms with Gasteiger partial charge in [0.2, 0.25) is 29.5 Å². The number of unbranched alkanes of at least 4 members (excludes halogenated alkanes) is 3. The van der Waals surface area contributed by atoms with Gasteiger partial charge in [0.15, 0.2) is 6.61 Å². The summed E-state index contributed by atoms with van der Waals surface area (Å²) in [5.74, 6) is -2.81. The third-order valence-corrected chi connectivity index (χ3v) is 20.4. The van der Waals surface area contributed by atoms with E-state index in [1.807, 2.05) is 89.2 Å². The predicted molar refractivity (Wildman–Crippen MR) is 353 cm³/mol. The number of aryl methyl sites for hydroxylation is 1. The molecule has 7 amide bonds. The molecule has 0 bridgehead atoms. The van der Waals surface area contributed by atoms with Crippen LogP contribution >= 0.6 is 30.3 Å². The van der Waals surface area contributed by atoms with Crippen LogP contribution in [0.1, 0.15) is 142 Å². The van der Waals surface area contributed by atoms with E-state index in [9.17, 15) is 57.0 Å². The number of carbonyl (C=O) groups is 7. The van der Waals surface area contributed by atoms with Crippen molar-refractivity contribution in [3.05, 3.63) is 141 Å². The second-order valence-corrected chi connectivity index (χ2v) is 30.2. The number of hydrogen-bond donors (Lipinski definition) is 7. The van der Waals surface area contributed by atoms with Crippen LogP contribution in [0.2, 0.25) is 0 Å². The van der Waals surface area contributed by atoms with Crippen molar-refractivity contribution >= 4 is 81.7 Å². The molecule has 2 fully saturated rings. The minimum atomic E-state index is -5.88. The summed E-state index contributed by atoms with van der Waals surface area (Å²) >= 11 is 2.50. The number of rotatable bonds is 23. The molecule has 0 radical (unpaired) electrons. The number of aliphatic hydroxyl groups excluding tert-OH is 1. The van der Waals surface area contributed by atoms with Gasteiger partial charge in [-0.2, -0.15) is 8.78 Å². The number of aliphatic hydroxyl groups is 1. The minimum absolute atomic E-state index is 0.0451. The van der Waals surface area contributed by atoms with E-state index in [2.05, 4.69) is 26.3 Å². The standard InChI is InChI=1S/C68H83F2N8O13PS2/c1-40(42-19-21-44(22-20-42)58-41(2)72-39-93-58)73-61(82)51-34-49(79)36-78(51)64(85)59(66(3,4)5)74-56(80)18-14-9-10-15-27-71-57(81)38-91-50-25-23-45-32-52(63(84)76-28-29-90-53(37-76)43-16-12-11-13-17-43)77(35-47(45)31-50)65(86)60(67(6,7)8)75-62(83)55-33-46-30-48(24-26-54(46)94-55)68(69,70)92(87,88)89/h11-13,16-17,19-26,30-31,33,39-40,49,51-53,59-60,79H,9-10,14-15,18,27-29,32,34-38H2,1-8H3,(H,71,81)(H,73,82)(H,74,80)(H,75,83)(H2,87,88,89)/t40-,49+,51-,52-,53-,59+,60+/m0/s1. The first-order valence-corrected chi connectivity index (χ1v) is 34.8. The molecule has 7 atom stereocenters. The zero-order valence-corrected chi connectivity index (χ0v) is 56.5. The van der Waals surface area contributed by atoms with Crippen molar-refractivity contribution in [1.82, 2.24) is 41.0 Å². The van der Waals surface area contributed by atoms with Crippen LogP contribution in [-0.4, -0.2) is 146 Å². The van der Waals surface area contributed by atoms with Crippen LogP contribution in [0.3, 0.4) is 0 Å². The summed E-state index contributed by atoms with van der Waals surface area (Å²) in [7, 11) is -5.88. The zero-order valence-electron chi connectivity index (χ0n) is 54.0. The fourth-order valence-electron chi connectivity index (χ4n) is 12.0. The van der Waals surface area contributed by atoms with Crippen LogP contribution in [-0.2, 0) is 56.7 Å². The highest BCUT2D eigenvalue weighted by atomic mass is 32.1. The number of thiophene rings is 1. The Hall–Kier alpha value is -7.51. The molecule has 0 saturated carbocycles.